The number of aliphatic hydroxyl groups excluding tert-OH is 1. The van der Waals surface area contributed by atoms with Crippen LogP contribution in [-0.4, -0.2) is 14.9 Å². The van der Waals surface area contributed by atoms with Crippen LogP contribution in [-0.2, 0) is 0 Å². The molecule has 3 rings (SSSR count). The number of aliphatic hydroxyl groups is 1. The summed E-state index contributed by atoms with van der Waals surface area (Å²) in [5.74, 6) is 0. The number of hydrogen-bond acceptors (Lipinski definition) is 2. The lowest BCUT2D eigenvalue weighted by molar-refractivity contribution is 0.220. The maximum Gasteiger partial charge on any atom is 0.109 e. The summed E-state index contributed by atoms with van der Waals surface area (Å²) in [6.07, 6.45) is 2.69. The molecular formula is C17H15ClN2O. The van der Waals surface area contributed by atoms with Gasteiger partial charge < -0.3 is 5.11 Å². The number of benzene rings is 2. The molecule has 4 heteroatoms. The molecule has 0 aliphatic carbocycles. The third-order valence-electron chi connectivity index (χ3n) is 3.39. The van der Waals surface area contributed by atoms with Gasteiger partial charge in [-0.15, -0.1) is 0 Å². The van der Waals surface area contributed by atoms with Crippen LogP contribution in [0, 0.1) is 6.92 Å². The molecule has 3 nitrogen and oxygen atoms in total. The zero-order valence-corrected chi connectivity index (χ0v) is 12.3. The molecule has 1 atom stereocenters. The highest BCUT2D eigenvalue weighted by molar-refractivity contribution is 6.31. The number of para-hydroxylation sites is 1. The predicted molar refractivity (Wildman–Crippen MR) is 83.8 cm³/mol. The Bertz CT molecular complexity index is 752. The van der Waals surface area contributed by atoms with E-state index in [4.69, 9.17) is 11.6 Å². The maximum absolute atomic E-state index is 10.5. The van der Waals surface area contributed by atoms with Crippen molar-refractivity contribution in [3.8, 4) is 5.69 Å². The van der Waals surface area contributed by atoms with Gasteiger partial charge in [-0.1, -0.05) is 41.9 Å². The lowest BCUT2D eigenvalue weighted by atomic mass is 10.0. The second kappa shape index (κ2) is 5.72. The Morgan fingerprint density at radius 1 is 1.14 bits per heavy atom. The number of aromatic nitrogens is 2. The van der Waals surface area contributed by atoms with Crippen LogP contribution in [0.1, 0.15) is 22.8 Å². The molecular weight excluding hydrogens is 284 g/mol. The van der Waals surface area contributed by atoms with Crippen molar-refractivity contribution in [3.63, 3.8) is 0 Å². The van der Waals surface area contributed by atoms with Gasteiger partial charge in [0.1, 0.15) is 6.10 Å². The van der Waals surface area contributed by atoms with Gasteiger partial charge in [-0.3, -0.25) is 0 Å². The first-order valence-corrected chi connectivity index (χ1v) is 7.07. The highest BCUT2D eigenvalue weighted by atomic mass is 35.5. The van der Waals surface area contributed by atoms with Crippen LogP contribution in [0.5, 0.6) is 0 Å². The second-order valence-corrected chi connectivity index (χ2v) is 5.39. The Hall–Kier alpha value is -2.10. The van der Waals surface area contributed by atoms with E-state index < -0.39 is 6.10 Å². The molecule has 0 radical (unpaired) electrons. The summed E-state index contributed by atoms with van der Waals surface area (Å²) in [4.78, 5) is 0. The summed E-state index contributed by atoms with van der Waals surface area (Å²) >= 11 is 6.21. The summed E-state index contributed by atoms with van der Waals surface area (Å²) in [6.45, 7) is 1.97. The third-order valence-corrected chi connectivity index (χ3v) is 3.72. The Labute approximate surface area is 128 Å². The van der Waals surface area contributed by atoms with Crippen molar-refractivity contribution < 1.29 is 5.11 Å². The molecule has 0 amide bonds. The molecule has 3 aromatic rings. The molecule has 21 heavy (non-hydrogen) atoms. The van der Waals surface area contributed by atoms with Gasteiger partial charge in [-0.05, 0) is 30.7 Å². The van der Waals surface area contributed by atoms with Crippen molar-refractivity contribution in [2.45, 2.75) is 13.0 Å². The van der Waals surface area contributed by atoms with Crippen molar-refractivity contribution >= 4 is 11.6 Å². The van der Waals surface area contributed by atoms with Crippen LogP contribution in [0.2, 0.25) is 5.02 Å². The molecule has 1 aromatic heterocycles. The van der Waals surface area contributed by atoms with E-state index in [1.165, 1.54) is 0 Å². The molecule has 0 spiro atoms. The fraction of sp³-hybridized carbons (Fsp3) is 0.118. The fourth-order valence-corrected chi connectivity index (χ4v) is 2.57. The Kier molecular flexibility index (Phi) is 3.78. The first-order valence-electron chi connectivity index (χ1n) is 6.69. The predicted octanol–water partition coefficient (Wildman–Crippen LogP) is 3.92. The fourth-order valence-electron chi connectivity index (χ4n) is 2.23. The Morgan fingerprint density at radius 3 is 2.62 bits per heavy atom. The zero-order chi connectivity index (χ0) is 14.8. The standard InChI is InChI=1S/C17H15ClN2O/c1-12-7-8-15(16(18)9-12)17(21)13-10-19-20(11-13)14-5-3-2-4-6-14/h2-11,17,21H,1H3. The summed E-state index contributed by atoms with van der Waals surface area (Å²) in [5, 5.41) is 15.3. The molecule has 0 aliphatic heterocycles. The summed E-state index contributed by atoms with van der Waals surface area (Å²) in [5.41, 5.74) is 3.42. The lowest BCUT2D eigenvalue weighted by Crippen LogP contribution is -2.00. The topological polar surface area (TPSA) is 38.1 Å². The van der Waals surface area contributed by atoms with Crippen molar-refractivity contribution in [3.05, 3.63) is 82.6 Å². The van der Waals surface area contributed by atoms with E-state index in [0.29, 0.717) is 16.1 Å². The molecule has 1 N–H and O–H groups in total. The number of rotatable bonds is 3. The Morgan fingerprint density at radius 2 is 1.90 bits per heavy atom. The minimum Gasteiger partial charge on any atom is -0.383 e. The van der Waals surface area contributed by atoms with Crippen LogP contribution in [0.25, 0.3) is 5.69 Å². The van der Waals surface area contributed by atoms with Crippen molar-refractivity contribution in [1.29, 1.82) is 0 Å². The summed E-state index contributed by atoms with van der Waals surface area (Å²) in [7, 11) is 0. The van der Waals surface area contributed by atoms with E-state index in [-0.39, 0.29) is 0 Å². The van der Waals surface area contributed by atoms with Gasteiger partial charge in [-0.2, -0.15) is 5.10 Å². The van der Waals surface area contributed by atoms with E-state index >= 15 is 0 Å². The Balaban J connectivity index is 1.92. The third kappa shape index (κ3) is 2.84. The second-order valence-electron chi connectivity index (χ2n) is 4.98. The molecule has 0 aliphatic rings. The number of aryl methyl sites for hydroxylation is 1. The maximum atomic E-state index is 10.5. The van der Waals surface area contributed by atoms with Crippen molar-refractivity contribution in [2.75, 3.05) is 0 Å². The molecule has 0 saturated carbocycles. The molecule has 0 bridgehead atoms. The summed E-state index contributed by atoms with van der Waals surface area (Å²) < 4.78 is 1.74. The highest BCUT2D eigenvalue weighted by Crippen LogP contribution is 2.29. The molecule has 2 aromatic carbocycles. The van der Waals surface area contributed by atoms with Crippen LogP contribution in [0.15, 0.2) is 60.9 Å². The van der Waals surface area contributed by atoms with Crippen LogP contribution < -0.4 is 0 Å². The lowest BCUT2D eigenvalue weighted by Gasteiger charge is -2.11. The molecule has 1 unspecified atom stereocenters. The van der Waals surface area contributed by atoms with Gasteiger partial charge in [0, 0.05) is 22.3 Å². The first kappa shape index (κ1) is 13.9. The number of hydrogen-bond donors (Lipinski definition) is 1. The first-order chi connectivity index (χ1) is 10.1. The smallest absolute Gasteiger partial charge is 0.109 e. The van der Waals surface area contributed by atoms with Gasteiger partial charge in [-0.25, -0.2) is 4.68 Å². The average Bonchev–Trinajstić information content (AvgIpc) is 2.97. The van der Waals surface area contributed by atoms with E-state index in [1.807, 2.05) is 61.7 Å². The number of halogens is 1. The quantitative estimate of drug-likeness (QED) is 0.796. The number of nitrogens with zero attached hydrogens (tertiary/aromatic N) is 2. The molecule has 106 valence electrons. The monoisotopic (exact) mass is 298 g/mol. The van der Waals surface area contributed by atoms with E-state index in [2.05, 4.69) is 5.10 Å². The van der Waals surface area contributed by atoms with Gasteiger partial charge in [0.2, 0.25) is 0 Å². The molecule has 0 fully saturated rings. The molecule has 1 heterocycles. The van der Waals surface area contributed by atoms with Crippen LogP contribution in [0.3, 0.4) is 0 Å². The van der Waals surface area contributed by atoms with Gasteiger partial charge in [0.15, 0.2) is 0 Å². The minimum atomic E-state index is -0.782. The van der Waals surface area contributed by atoms with E-state index in [0.717, 1.165) is 11.3 Å². The van der Waals surface area contributed by atoms with E-state index in [1.54, 1.807) is 10.9 Å². The minimum absolute atomic E-state index is 0.565. The van der Waals surface area contributed by atoms with Crippen molar-refractivity contribution in [1.82, 2.24) is 9.78 Å². The highest BCUT2D eigenvalue weighted by Gasteiger charge is 2.16. The normalized spacial score (nSPS) is 12.3. The molecule has 0 saturated heterocycles. The van der Waals surface area contributed by atoms with Gasteiger partial charge in [0.25, 0.3) is 0 Å². The largest absolute Gasteiger partial charge is 0.383 e. The van der Waals surface area contributed by atoms with Crippen molar-refractivity contribution in [2.24, 2.45) is 0 Å². The SMILES string of the molecule is Cc1ccc(C(O)c2cnn(-c3ccccc3)c2)c(Cl)c1. The summed E-state index contributed by atoms with van der Waals surface area (Å²) in [6, 6.07) is 15.4. The van der Waals surface area contributed by atoms with Crippen LogP contribution >= 0.6 is 11.6 Å². The van der Waals surface area contributed by atoms with Gasteiger partial charge in [0.05, 0.1) is 11.9 Å². The van der Waals surface area contributed by atoms with E-state index in [9.17, 15) is 5.11 Å². The van der Waals surface area contributed by atoms with Crippen LogP contribution in [0.4, 0.5) is 0 Å². The van der Waals surface area contributed by atoms with Gasteiger partial charge >= 0.3 is 0 Å². The zero-order valence-electron chi connectivity index (χ0n) is 11.6. The average molecular weight is 299 g/mol.